The molecule has 0 atom stereocenters. The summed E-state index contributed by atoms with van der Waals surface area (Å²) in [7, 11) is 2.83. The van der Waals surface area contributed by atoms with Crippen LogP contribution in [0.5, 0.6) is 23.0 Å². The van der Waals surface area contributed by atoms with E-state index in [0.717, 1.165) is 0 Å². The Morgan fingerprint density at radius 1 is 1.15 bits per heavy atom. The predicted molar refractivity (Wildman–Crippen MR) is 98.9 cm³/mol. The van der Waals surface area contributed by atoms with Crippen LogP contribution in [0.3, 0.4) is 0 Å². The molecular weight excluding hydrogens is 383 g/mol. The van der Waals surface area contributed by atoms with Gasteiger partial charge in [-0.3, -0.25) is 4.79 Å². The third-order valence-corrected chi connectivity index (χ3v) is 3.69. The molecule has 2 aromatic carbocycles. The van der Waals surface area contributed by atoms with Crippen LogP contribution in [-0.4, -0.2) is 38.1 Å². The molecule has 0 bridgehead atoms. The van der Waals surface area contributed by atoms with Crippen molar-refractivity contribution in [2.75, 3.05) is 20.8 Å². The van der Waals surface area contributed by atoms with Crippen LogP contribution in [-0.2, 0) is 4.79 Å². The second-order valence-corrected chi connectivity index (χ2v) is 5.77. The fraction of sp³-hybridized carbons (Fsp3) is 0.176. The number of phenols is 1. The van der Waals surface area contributed by atoms with Crippen molar-refractivity contribution in [1.82, 2.24) is 5.43 Å². The van der Waals surface area contributed by atoms with E-state index in [4.69, 9.17) is 37.4 Å². The van der Waals surface area contributed by atoms with Gasteiger partial charge < -0.3 is 19.3 Å². The zero-order valence-corrected chi connectivity index (χ0v) is 15.5. The van der Waals surface area contributed by atoms with Crippen LogP contribution in [0.15, 0.2) is 35.4 Å². The van der Waals surface area contributed by atoms with E-state index >= 15 is 0 Å². The van der Waals surface area contributed by atoms with E-state index in [1.54, 1.807) is 12.1 Å². The second kappa shape index (κ2) is 9.17. The average Bonchev–Trinajstić information content (AvgIpc) is 2.62. The van der Waals surface area contributed by atoms with Crippen LogP contribution in [0.2, 0.25) is 10.0 Å². The fourth-order valence-corrected chi connectivity index (χ4v) is 2.40. The number of aromatic hydroxyl groups is 1. The minimum absolute atomic E-state index is 0.121. The number of carbonyl (C=O) groups excluding carboxylic acids is 1. The largest absolute Gasteiger partial charge is 0.502 e. The van der Waals surface area contributed by atoms with Crippen molar-refractivity contribution in [3.05, 3.63) is 45.9 Å². The quantitative estimate of drug-likeness (QED) is 0.551. The molecule has 0 aliphatic heterocycles. The maximum atomic E-state index is 11.8. The Hall–Kier alpha value is -2.64. The lowest BCUT2D eigenvalue weighted by atomic mass is 10.2. The lowest BCUT2D eigenvalue weighted by Gasteiger charge is -2.09. The van der Waals surface area contributed by atoms with Crippen molar-refractivity contribution in [3.8, 4) is 23.0 Å². The number of amides is 1. The molecule has 0 fully saturated rings. The van der Waals surface area contributed by atoms with Crippen molar-refractivity contribution in [2.24, 2.45) is 5.10 Å². The summed E-state index contributed by atoms with van der Waals surface area (Å²) in [5, 5.41) is 14.4. The van der Waals surface area contributed by atoms with Gasteiger partial charge in [-0.25, -0.2) is 5.43 Å². The third-order valence-electron chi connectivity index (χ3n) is 3.16. The molecule has 0 unspecified atom stereocenters. The van der Waals surface area contributed by atoms with E-state index in [1.807, 2.05) is 0 Å². The summed E-state index contributed by atoms with van der Waals surface area (Å²) in [5.41, 5.74) is 2.87. The number of hydrogen-bond acceptors (Lipinski definition) is 6. The molecule has 9 heteroatoms. The van der Waals surface area contributed by atoms with Gasteiger partial charge in [0.05, 0.1) is 25.5 Å². The summed E-state index contributed by atoms with van der Waals surface area (Å²) in [4.78, 5) is 11.8. The Bertz CT molecular complexity index is 802. The summed E-state index contributed by atoms with van der Waals surface area (Å²) >= 11 is 11.7. The zero-order chi connectivity index (χ0) is 19.1. The van der Waals surface area contributed by atoms with Crippen molar-refractivity contribution in [3.63, 3.8) is 0 Å². The minimum atomic E-state index is -0.482. The van der Waals surface area contributed by atoms with Gasteiger partial charge in [-0.05, 0) is 30.3 Å². The van der Waals surface area contributed by atoms with E-state index in [9.17, 15) is 9.90 Å². The molecule has 2 N–H and O–H groups in total. The summed E-state index contributed by atoms with van der Waals surface area (Å²) in [6, 6.07) is 7.76. The lowest BCUT2D eigenvalue weighted by Crippen LogP contribution is -2.24. The van der Waals surface area contributed by atoms with Crippen LogP contribution in [0.25, 0.3) is 0 Å². The first-order chi connectivity index (χ1) is 12.4. The number of hydrogen-bond donors (Lipinski definition) is 2. The smallest absolute Gasteiger partial charge is 0.277 e. The van der Waals surface area contributed by atoms with Crippen molar-refractivity contribution in [1.29, 1.82) is 0 Å². The van der Waals surface area contributed by atoms with E-state index in [-0.39, 0.29) is 23.9 Å². The molecule has 0 aliphatic carbocycles. The Morgan fingerprint density at radius 2 is 1.81 bits per heavy atom. The number of nitrogens with zero attached hydrogens (tertiary/aromatic N) is 1. The monoisotopic (exact) mass is 398 g/mol. The van der Waals surface area contributed by atoms with E-state index in [2.05, 4.69) is 10.5 Å². The molecule has 1 amide bonds. The molecule has 0 aliphatic rings. The van der Waals surface area contributed by atoms with Gasteiger partial charge >= 0.3 is 0 Å². The summed E-state index contributed by atoms with van der Waals surface area (Å²) < 4.78 is 15.4. The molecule has 7 nitrogen and oxygen atoms in total. The average molecular weight is 399 g/mol. The Labute approximate surface area is 160 Å². The Balaban J connectivity index is 1.94. The van der Waals surface area contributed by atoms with E-state index in [0.29, 0.717) is 21.4 Å². The molecule has 0 heterocycles. The topological polar surface area (TPSA) is 89.4 Å². The maximum absolute atomic E-state index is 11.8. The highest BCUT2D eigenvalue weighted by atomic mass is 35.5. The number of rotatable bonds is 7. The molecule has 0 spiro atoms. The van der Waals surface area contributed by atoms with Gasteiger partial charge in [0.25, 0.3) is 5.91 Å². The summed E-state index contributed by atoms with van der Waals surface area (Å²) in [5.74, 6) is 0.174. The highest BCUT2D eigenvalue weighted by Crippen LogP contribution is 2.36. The minimum Gasteiger partial charge on any atom is -0.502 e. The number of phenolic OH excluding ortho intramolecular Hbond substituents is 1. The van der Waals surface area contributed by atoms with Gasteiger partial charge in [0, 0.05) is 10.6 Å². The molecule has 26 heavy (non-hydrogen) atoms. The van der Waals surface area contributed by atoms with E-state index in [1.165, 1.54) is 38.6 Å². The third kappa shape index (κ3) is 5.18. The molecular formula is C17H16Cl2N2O5. The first kappa shape index (κ1) is 19.7. The number of methoxy groups -OCH3 is 2. The standard InChI is InChI=1S/C17H16Cl2N2O5/c1-24-14-5-10(6-15(25-2)17(14)23)8-20-21-16(22)9-26-13-4-3-11(18)7-12(13)19/h3-8,23H,9H2,1-2H3,(H,21,22)/b20-8+. The normalized spacial score (nSPS) is 10.6. The summed E-state index contributed by atoms with van der Waals surface area (Å²) in [6.07, 6.45) is 1.37. The van der Waals surface area contributed by atoms with Crippen LogP contribution in [0.1, 0.15) is 5.56 Å². The Kier molecular flexibility index (Phi) is 6.94. The predicted octanol–water partition coefficient (Wildman–Crippen LogP) is 3.25. The summed E-state index contributed by atoms with van der Waals surface area (Å²) in [6.45, 7) is -0.277. The zero-order valence-electron chi connectivity index (χ0n) is 14.0. The van der Waals surface area contributed by atoms with Crippen molar-refractivity contribution >= 4 is 35.3 Å². The van der Waals surface area contributed by atoms with Gasteiger partial charge in [-0.15, -0.1) is 0 Å². The first-order valence-electron chi connectivity index (χ1n) is 7.29. The molecule has 0 aromatic heterocycles. The number of halogens is 2. The van der Waals surface area contributed by atoms with Gasteiger partial charge in [-0.2, -0.15) is 5.10 Å². The number of ether oxygens (including phenoxy) is 3. The van der Waals surface area contributed by atoms with Gasteiger partial charge in [0.1, 0.15) is 5.75 Å². The Morgan fingerprint density at radius 3 is 2.38 bits per heavy atom. The molecule has 2 rings (SSSR count). The van der Waals surface area contributed by atoms with E-state index < -0.39 is 5.91 Å². The maximum Gasteiger partial charge on any atom is 0.277 e. The fourth-order valence-electron chi connectivity index (χ4n) is 1.93. The van der Waals surface area contributed by atoms with Crippen LogP contribution >= 0.6 is 23.2 Å². The number of carbonyl (C=O) groups is 1. The van der Waals surface area contributed by atoms with Crippen LogP contribution in [0.4, 0.5) is 0 Å². The first-order valence-corrected chi connectivity index (χ1v) is 8.05. The highest BCUT2D eigenvalue weighted by Gasteiger charge is 2.10. The number of nitrogens with one attached hydrogen (secondary N) is 1. The highest BCUT2D eigenvalue weighted by molar-refractivity contribution is 6.35. The van der Waals surface area contributed by atoms with Gasteiger partial charge in [0.2, 0.25) is 5.75 Å². The van der Waals surface area contributed by atoms with Crippen molar-refractivity contribution < 1.29 is 24.1 Å². The van der Waals surface area contributed by atoms with Gasteiger partial charge in [-0.1, -0.05) is 23.2 Å². The van der Waals surface area contributed by atoms with Gasteiger partial charge in [0.15, 0.2) is 18.1 Å². The molecule has 2 aromatic rings. The lowest BCUT2D eigenvalue weighted by molar-refractivity contribution is -0.123. The van der Waals surface area contributed by atoms with Crippen LogP contribution in [0, 0.1) is 0 Å². The number of hydrazone groups is 1. The second-order valence-electron chi connectivity index (χ2n) is 4.93. The van der Waals surface area contributed by atoms with Crippen molar-refractivity contribution in [2.45, 2.75) is 0 Å². The number of benzene rings is 2. The molecule has 0 saturated heterocycles. The van der Waals surface area contributed by atoms with Crippen LogP contribution < -0.4 is 19.6 Å². The molecule has 0 saturated carbocycles. The molecule has 138 valence electrons. The SMILES string of the molecule is COc1cc(/C=N/NC(=O)COc2ccc(Cl)cc2Cl)cc(OC)c1O. The molecule has 0 radical (unpaired) electrons.